The lowest BCUT2D eigenvalue weighted by atomic mass is 9.72. The maximum atomic E-state index is 9.87. The number of halogens is 1. The number of hydrogen-bond donors (Lipinski definition) is 2. The van der Waals surface area contributed by atoms with E-state index >= 15 is 0 Å². The van der Waals surface area contributed by atoms with Gasteiger partial charge < -0.3 is 10.4 Å². The van der Waals surface area contributed by atoms with Gasteiger partial charge in [-0.15, -0.1) is 0 Å². The third-order valence-electron chi connectivity index (χ3n) is 5.00. The van der Waals surface area contributed by atoms with Crippen molar-refractivity contribution in [2.75, 3.05) is 18.5 Å². The Kier molecular flexibility index (Phi) is 3.57. The van der Waals surface area contributed by atoms with Gasteiger partial charge in [0.15, 0.2) is 0 Å². The van der Waals surface area contributed by atoms with E-state index in [0.29, 0.717) is 12.0 Å². The summed E-state index contributed by atoms with van der Waals surface area (Å²) in [6, 6.07) is 17.0. The third-order valence-corrected chi connectivity index (χ3v) is 5.37. The molecular formula is C18H19ClN2O. The van der Waals surface area contributed by atoms with E-state index in [-0.39, 0.29) is 12.6 Å². The molecule has 1 saturated heterocycles. The SMILES string of the molecule is OC[C@@H]1[C@H]2c3ccccc3NC[C@H]2N1Cc1ccccc1Cl. The lowest BCUT2D eigenvalue weighted by Crippen LogP contribution is -2.66. The fourth-order valence-electron chi connectivity index (χ4n) is 3.91. The molecule has 4 heteroatoms. The Morgan fingerprint density at radius 1 is 1.14 bits per heavy atom. The van der Waals surface area contributed by atoms with Crippen molar-refractivity contribution in [3.8, 4) is 0 Å². The van der Waals surface area contributed by atoms with Crippen molar-refractivity contribution in [1.29, 1.82) is 0 Å². The normalized spacial score (nSPS) is 26.5. The summed E-state index contributed by atoms with van der Waals surface area (Å²) in [5.74, 6) is 0.407. The fraction of sp³-hybridized carbons (Fsp3) is 0.333. The maximum Gasteiger partial charge on any atom is 0.0593 e. The number of benzene rings is 2. The van der Waals surface area contributed by atoms with Gasteiger partial charge in [0.05, 0.1) is 6.61 Å². The largest absolute Gasteiger partial charge is 0.395 e. The summed E-state index contributed by atoms with van der Waals surface area (Å²) in [7, 11) is 0. The number of fused-ring (bicyclic) bond motifs is 3. The van der Waals surface area contributed by atoms with Crippen LogP contribution in [0.1, 0.15) is 17.0 Å². The maximum absolute atomic E-state index is 9.87. The Morgan fingerprint density at radius 2 is 1.91 bits per heavy atom. The number of para-hydroxylation sites is 1. The predicted molar refractivity (Wildman–Crippen MR) is 89.3 cm³/mol. The monoisotopic (exact) mass is 314 g/mol. The quantitative estimate of drug-likeness (QED) is 0.914. The first kappa shape index (κ1) is 14.1. The van der Waals surface area contributed by atoms with Crippen molar-refractivity contribution >= 4 is 17.3 Å². The zero-order valence-corrected chi connectivity index (χ0v) is 13.0. The van der Waals surface area contributed by atoms with Gasteiger partial charge in [0.2, 0.25) is 0 Å². The predicted octanol–water partition coefficient (Wildman–Crippen LogP) is 3.09. The molecule has 2 aromatic rings. The van der Waals surface area contributed by atoms with Crippen LogP contribution in [-0.4, -0.2) is 35.2 Å². The molecule has 3 nitrogen and oxygen atoms in total. The molecule has 0 spiro atoms. The average molecular weight is 315 g/mol. The number of nitrogens with zero attached hydrogens (tertiary/aromatic N) is 1. The van der Waals surface area contributed by atoms with E-state index in [1.807, 2.05) is 18.2 Å². The Balaban J connectivity index is 1.61. The Bertz CT molecular complexity index is 690. The van der Waals surface area contributed by atoms with Crippen molar-refractivity contribution in [2.45, 2.75) is 24.5 Å². The Morgan fingerprint density at radius 3 is 2.73 bits per heavy atom. The standard InChI is InChI=1S/C18H19ClN2O/c19-14-7-3-1-5-12(14)10-21-16-9-20-15-8-4-2-6-13(15)18(16)17(21)11-22/h1-8,16-18,20,22H,9-11H2/t16-,17-,18+/m1/s1. The molecule has 1 fully saturated rings. The van der Waals surface area contributed by atoms with Crippen molar-refractivity contribution < 1.29 is 5.11 Å². The number of hydrogen-bond acceptors (Lipinski definition) is 3. The van der Waals surface area contributed by atoms with Crippen molar-refractivity contribution in [1.82, 2.24) is 4.90 Å². The molecule has 2 aliphatic rings. The molecular weight excluding hydrogens is 296 g/mol. The van der Waals surface area contributed by atoms with Crippen LogP contribution >= 0.6 is 11.6 Å². The molecule has 2 aromatic carbocycles. The summed E-state index contributed by atoms with van der Waals surface area (Å²) in [6.07, 6.45) is 0. The van der Waals surface area contributed by atoms with Crippen molar-refractivity contribution in [3.05, 3.63) is 64.7 Å². The summed E-state index contributed by atoms with van der Waals surface area (Å²) in [5, 5.41) is 14.2. The molecule has 4 rings (SSSR count). The summed E-state index contributed by atoms with van der Waals surface area (Å²) < 4.78 is 0. The van der Waals surface area contributed by atoms with E-state index in [4.69, 9.17) is 11.6 Å². The van der Waals surface area contributed by atoms with Gasteiger partial charge in [-0.1, -0.05) is 48.0 Å². The number of aliphatic hydroxyl groups is 1. The van der Waals surface area contributed by atoms with E-state index in [2.05, 4.69) is 40.5 Å². The first-order valence-electron chi connectivity index (χ1n) is 7.72. The second kappa shape index (κ2) is 5.58. The van der Waals surface area contributed by atoms with Gasteiger partial charge in [-0.3, -0.25) is 4.90 Å². The van der Waals surface area contributed by atoms with Crippen LogP contribution in [0, 0.1) is 0 Å². The van der Waals surface area contributed by atoms with E-state index < -0.39 is 0 Å². The summed E-state index contributed by atoms with van der Waals surface area (Å²) in [4.78, 5) is 2.37. The highest BCUT2D eigenvalue weighted by Crippen LogP contribution is 2.46. The van der Waals surface area contributed by atoms with Crippen molar-refractivity contribution in [3.63, 3.8) is 0 Å². The minimum Gasteiger partial charge on any atom is -0.395 e. The molecule has 2 heterocycles. The van der Waals surface area contributed by atoms with Crippen LogP contribution in [0.4, 0.5) is 5.69 Å². The molecule has 0 radical (unpaired) electrons. The zero-order valence-electron chi connectivity index (χ0n) is 12.2. The summed E-state index contributed by atoms with van der Waals surface area (Å²) >= 11 is 6.29. The summed E-state index contributed by atoms with van der Waals surface area (Å²) in [5.41, 5.74) is 3.66. The van der Waals surface area contributed by atoms with Crippen LogP contribution in [0.2, 0.25) is 5.02 Å². The van der Waals surface area contributed by atoms with Crippen LogP contribution in [-0.2, 0) is 6.54 Å². The van der Waals surface area contributed by atoms with Gasteiger partial charge in [0.1, 0.15) is 0 Å². The number of likely N-dealkylation sites (tertiary alicyclic amines) is 1. The number of aliphatic hydroxyl groups excluding tert-OH is 1. The number of nitrogens with one attached hydrogen (secondary N) is 1. The fourth-order valence-corrected chi connectivity index (χ4v) is 4.11. The highest BCUT2D eigenvalue weighted by Gasteiger charge is 2.50. The molecule has 0 aliphatic carbocycles. The zero-order chi connectivity index (χ0) is 15.1. The molecule has 0 saturated carbocycles. The molecule has 2 aliphatic heterocycles. The smallest absolute Gasteiger partial charge is 0.0593 e. The van der Waals surface area contributed by atoms with Crippen LogP contribution in [0.5, 0.6) is 0 Å². The number of rotatable bonds is 3. The van der Waals surface area contributed by atoms with E-state index in [1.54, 1.807) is 0 Å². The second-order valence-electron chi connectivity index (χ2n) is 6.07. The van der Waals surface area contributed by atoms with Gasteiger partial charge in [-0.25, -0.2) is 0 Å². The van der Waals surface area contributed by atoms with Gasteiger partial charge in [0.25, 0.3) is 0 Å². The Hall–Kier alpha value is -1.55. The average Bonchev–Trinajstić information content (AvgIpc) is 2.54. The minimum absolute atomic E-state index is 0.171. The molecule has 0 unspecified atom stereocenters. The molecule has 0 bridgehead atoms. The van der Waals surface area contributed by atoms with Crippen molar-refractivity contribution in [2.24, 2.45) is 0 Å². The topological polar surface area (TPSA) is 35.5 Å². The first-order chi connectivity index (χ1) is 10.8. The van der Waals surface area contributed by atoms with Gasteiger partial charge in [-0.2, -0.15) is 0 Å². The van der Waals surface area contributed by atoms with Crippen LogP contribution in [0.3, 0.4) is 0 Å². The third kappa shape index (κ3) is 2.12. The Labute approximate surface area is 135 Å². The molecule has 2 N–H and O–H groups in total. The van der Waals surface area contributed by atoms with Crippen LogP contribution < -0.4 is 5.32 Å². The van der Waals surface area contributed by atoms with Gasteiger partial charge >= 0.3 is 0 Å². The van der Waals surface area contributed by atoms with E-state index in [1.165, 1.54) is 11.3 Å². The molecule has 22 heavy (non-hydrogen) atoms. The second-order valence-corrected chi connectivity index (χ2v) is 6.48. The highest BCUT2D eigenvalue weighted by molar-refractivity contribution is 6.31. The van der Waals surface area contributed by atoms with Gasteiger partial charge in [-0.05, 0) is 23.3 Å². The lowest BCUT2D eigenvalue weighted by molar-refractivity contribution is -0.0459. The molecule has 0 aromatic heterocycles. The lowest BCUT2D eigenvalue weighted by Gasteiger charge is -2.57. The minimum atomic E-state index is 0.171. The van der Waals surface area contributed by atoms with Gasteiger partial charge in [0, 0.05) is 41.8 Å². The van der Waals surface area contributed by atoms with Crippen LogP contribution in [0.25, 0.3) is 0 Å². The highest BCUT2D eigenvalue weighted by atomic mass is 35.5. The van der Waals surface area contributed by atoms with E-state index in [9.17, 15) is 5.11 Å². The molecule has 0 amide bonds. The molecule has 114 valence electrons. The molecule has 3 atom stereocenters. The van der Waals surface area contributed by atoms with Crippen LogP contribution in [0.15, 0.2) is 48.5 Å². The first-order valence-corrected chi connectivity index (χ1v) is 8.10. The van der Waals surface area contributed by atoms with E-state index in [0.717, 1.165) is 23.7 Å². The number of anilines is 1. The summed E-state index contributed by atoms with van der Waals surface area (Å²) in [6.45, 7) is 1.89.